The van der Waals surface area contributed by atoms with Gasteiger partial charge < -0.3 is 10.4 Å². The predicted molar refractivity (Wildman–Crippen MR) is 73.0 cm³/mol. The number of carbonyl (C=O) groups is 1. The van der Waals surface area contributed by atoms with Crippen molar-refractivity contribution in [1.29, 1.82) is 0 Å². The zero-order valence-electron chi connectivity index (χ0n) is 10.7. The van der Waals surface area contributed by atoms with Crippen molar-refractivity contribution in [2.24, 2.45) is 0 Å². The van der Waals surface area contributed by atoms with Crippen LogP contribution in [0.5, 0.6) is 5.75 Å². The van der Waals surface area contributed by atoms with Crippen LogP contribution in [0.25, 0.3) is 0 Å². The molecule has 0 unspecified atom stereocenters. The lowest BCUT2D eigenvalue weighted by atomic mass is 10.2. The Morgan fingerprint density at radius 1 is 1.37 bits per heavy atom. The number of thiophene rings is 1. The zero-order chi connectivity index (χ0) is 14.0. The molecule has 0 saturated heterocycles. The maximum absolute atomic E-state index is 13.0. The maximum atomic E-state index is 13.0. The molecule has 3 nitrogen and oxygen atoms in total. The first-order chi connectivity index (χ1) is 8.97. The fourth-order valence-electron chi connectivity index (χ4n) is 1.69. The van der Waals surface area contributed by atoms with Crippen molar-refractivity contribution < 1.29 is 14.3 Å². The number of hydrogen-bond acceptors (Lipinski definition) is 3. The summed E-state index contributed by atoms with van der Waals surface area (Å²) in [6, 6.07) is 5.31. The van der Waals surface area contributed by atoms with Crippen LogP contribution < -0.4 is 5.32 Å². The number of rotatable bonds is 3. The van der Waals surface area contributed by atoms with Crippen LogP contribution in [-0.2, 0) is 6.54 Å². The second-order valence-corrected chi connectivity index (χ2v) is 5.64. The van der Waals surface area contributed by atoms with Gasteiger partial charge in [0.25, 0.3) is 5.91 Å². The Balaban J connectivity index is 2.07. The van der Waals surface area contributed by atoms with Gasteiger partial charge in [-0.15, -0.1) is 11.3 Å². The zero-order valence-corrected chi connectivity index (χ0v) is 11.5. The monoisotopic (exact) mass is 279 g/mol. The van der Waals surface area contributed by atoms with Crippen LogP contribution in [0.1, 0.15) is 25.7 Å². The van der Waals surface area contributed by atoms with E-state index in [1.807, 2.05) is 19.9 Å². The fourth-order valence-corrected chi connectivity index (χ4v) is 2.68. The van der Waals surface area contributed by atoms with E-state index < -0.39 is 11.7 Å². The molecule has 19 heavy (non-hydrogen) atoms. The number of benzene rings is 1. The van der Waals surface area contributed by atoms with E-state index in [9.17, 15) is 14.3 Å². The second-order valence-electron chi connectivity index (χ2n) is 4.30. The summed E-state index contributed by atoms with van der Waals surface area (Å²) in [5.41, 5.74) is 1.13. The van der Waals surface area contributed by atoms with Gasteiger partial charge in [0.05, 0.1) is 12.1 Å². The lowest BCUT2D eigenvalue weighted by molar-refractivity contribution is 0.0948. The molecule has 1 heterocycles. The quantitative estimate of drug-likeness (QED) is 0.906. The van der Waals surface area contributed by atoms with Gasteiger partial charge in [0, 0.05) is 9.75 Å². The molecular weight excluding hydrogens is 265 g/mol. The van der Waals surface area contributed by atoms with Crippen LogP contribution >= 0.6 is 11.3 Å². The average Bonchev–Trinajstić information content (AvgIpc) is 2.69. The second kappa shape index (κ2) is 5.40. The van der Waals surface area contributed by atoms with Gasteiger partial charge in [0.15, 0.2) is 0 Å². The van der Waals surface area contributed by atoms with Gasteiger partial charge in [-0.05, 0) is 43.7 Å². The Morgan fingerprint density at radius 2 is 2.11 bits per heavy atom. The van der Waals surface area contributed by atoms with Gasteiger partial charge in [-0.3, -0.25) is 4.79 Å². The van der Waals surface area contributed by atoms with Gasteiger partial charge in [0.2, 0.25) is 0 Å². The van der Waals surface area contributed by atoms with E-state index >= 15 is 0 Å². The number of aromatic hydroxyl groups is 1. The molecule has 1 amide bonds. The molecule has 2 aromatic rings. The van der Waals surface area contributed by atoms with E-state index in [4.69, 9.17) is 0 Å². The molecule has 1 aromatic heterocycles. The molecule has 2 N–H and O–H groups in total. The first-order valence-electron chi connectivity index (χ1n) is 5.80. The summed E-state index contributed by atoms with van der Waals surface area (Å²) < 4.78 is 13.0. The lowest BCUT2D eigenvalue weighted by Gasteiger charge is -2.05. The number of phenols is 1. The van der Waals surface area contributed by atoms with E-state index in [0.717, 1.165) is 17.0 Å². The first kappa shape index (κ1) is 13.5. The van der Waals surface area contributed by atoms with Gasteiger partial charge in [-0.25, -0.2) is 4.39 Å². The average molecular weight is 279 g/mol. The minimum absolute atomic E-state index is 0.0509. The Kier molecular flexibility index (Phi) is 3.85. The Hall–Kier alpha value is -1.88. The van der Waals surface area contributed by atoms with E-state index in [1.54, 1.807) is 11.3 Å². The normalized spacial score (nSPS) is 10.5. The molecule has 0 aliphatic heterocycles. The predicted octanol–water partition coefficient (Wildman–Crippen LogP) is 3.14. The highest BCUT2D eigenvalue weighted by molar-refractivity contribution is 7.12. The number of amides is 1. The summed E-state index contributed by atoms with van der Waals surface area (Å²) in [6.45, 7) is 4.40. The van der Waals surface area contributed by atoms with Crippen molar-refractivity contribution in [2.75, 3.05) is 0 Å². The number of aryl methyl sites for hydroxylation is 2. The Labute approximate surface area is 114 Å². The summed E-state index contributed by atoms with van der Waals surface area (Å²) in [5.74, 6) is -1.26. The molecule has 5 heteroatoms. The third-order valence-electron chi connectivity index (χ3n) is 2.84. The van der Waals surface area contributed by atoms with Gasteiger partial charge in [-0.2, -0.15) is 0 Å². The van der Waals surface area contributed by atoms with E-state index in [0.29, 0.717) is 6.54 Å². The molecule has 0 radical (unpaired) electrons. The molecule has 2 rings (SSSR count). The van der Waals surface area contributed by atoms with Crippen molar-refractivity contribution in [1.82, 2.24) is 5.32 Å². The SMILES string of the molecule is Cc1cc(CNC(=O)c2cc(F)ccc2O)sc1C. The summed E-state index contributed by atoms with van der Waals surface area (Å²) >= 11 is 1.61. The number of phenolic OH excluding ortho intramolecular Hbond substituents is 1. The highest BCUT2D eigenvalue weighted by atomic mass is 32.1. The van der Waals surface area contributed by atoms with Gasteiger partial charge in [-0.1, -0.05) is 0 Å². The molecule has 0 atom stereocenters. The van der Waals surface area contributed by atoms with E-state index in [2.05, 4.69) is 5.32 Å². The summed E-state index contributed by atoms with van der Waals surface area (Å²) in [4.78, 5) is 14.1. The highest BCUT2D eigenvalue weighted by Crippen LogP contribution is 2.21. The van der Waals surface area contributed by atoms with E-state index in [-0.39, 0.29) is 11.3 Å². The van der Waals surface area contributed by atoms with Crippen molar-refractivity contribution in [3.8, 4) is 5.75 Å². The number of hydrogen-bond donors (Lipinski definition) is 2. The molecule has 0 fully saturated rings. The molecule has 0 saturated carbocycles. The third-order valence-corrected chi connectivity index (χ3v) is 4.00. The van der Waals surface area contributed by atoms with Crippen molar-refractivity contribution in [3.05, 3.63) is 51.0 Å². The van der Waals surface area contributed by atoms with Crippen LogP contribution in [-0.4, -0.2) is 11.0 Å². The number of halogens is 1. The topological polar surface area (TPSA) is 49.3 Å². The standard InChI is InChI=1S/C14H14FNO2S/c1-8-5-11(19-9(8)2)7-16-14(18)12-6-10(15)3-4-13(12)17/h3-6,17H,7H2,1-2H3,(H,16,18). The third kappa shape index (κ3) is 3.12. The summed E-state index contributed by atoms with van der Waals surface area (Å²) in [7, 11) is 0. The molecule has 0 spiro atoms. The van der Waals surface area contributed by atoms with Crippen molar-refractivity contribution in [2.45, 2.75) is 20.4 Å². The molecule has 1 aromatic carbocycles. The molecule has 100 valence electrons. The van der Waals surface area contributed by atoms with Crippen LogP contribution in [0.15, 0.2) is 24.3 Å². The molecule has 0 bridgehead atoms. The maximum Gasteiger partial charge on any atom is 0.255 e. The van der Waals surface area contributed by atoms with Crippen molar-refractivity contribution in [3.63, 3.8) is 0 Å². The van der Waals surface area contributed by atoms with Crippen molar-refractivity contribution >= 4 is 17.2 Å². The van der Waals surface area contributed by atoms with Crippen LogP contribution in [0.4, 0.5) is 4.39 Å². The molecule has 0 aliphatic carbocycles. The summed E-state index contributed by atoms with van der Waals surface area (Å²) in [5, 5.41) is 12.2. The van der Waals surface area contributed by atoms with Gasteiger partial charge >= 0.3 is 0 Å². The van der Waals surface area contributed by atoms with Gasteiger partial charge in [0.1, 0.15) is 11.6 Å². The largest absolute Gasteiger partial charge is 0.507 e. The van der Waals surface area contributed by atoms with Crippen LogP contribution in [0.2, 0.25) is 0 Å². The fraction of sp³-hybridized carbons (Fsp3) is 0.214. The minimum Gasteiger partial charge on any atom is -0.507 e. The smallest absolute Gasteiger partial charge is 0.255 e. The minimum atomic E-state index is -0.550. The summed E-state index contributed by atoms with van der Waals surface area (Å²) in [6.07, 6.45) is 0. The number of nitrogens with one attached hydrogen (secondary N) is 1. The van der Waals surface area contributed by atoms with Crippen LogP contribution in [0, 0.1) is 19.7 Å². The molecule has 0 aliphatic rings. The first-order valence-corrected chi connectivity index (χ1v) is 6.61. The number of carbonyl (C=O) groups excluding carboxylic acids is 1. The Morgan fingerprint density at radius 3 is 2.74 bits per heavy atom. The molecular formula is C14H14FNO2S. The van der Waals surface area contributed by atoms with Crippen LogP contribution in [0.3, 0.4) is 0 Å². The lowest BCUT2D eigenvalue weighted by Crippen LogP contribution is -2.22. The highest BCUT2D eigenvalue weighted by Gasteiger charge is 2.12. The van der Waals surface area contributed by atoms with E-state index in [1.165, 1.54) is 16.5 Å². The Bertz CT molecular complexity index is 602.